The van der Waals surface area contributed by atoms with Crippen molar-refractivity contribution in [2.75, 3.05) is 31.7 Å². The molecular formula is C24H31ClN5O6P. The Bertz CT molecular complexity index is 1320. The number of ether oxygens (including phenoxy) is 1. The molecule has 1 fully saturated rings. The van der Waals surface area contributed by atoms with Crippen LogP contribution in [-0.4, -0.2) is 51.3 Å². The number of nitrogens with two attached hydrogens (primary N) is 1. The number of aromatic amines is 1. The van der Waals surface area contributed by atoms with Crippen molar-refractivity contribution in [1.82, 2.24) is 19.5 Å². The van der Waals surface area contributed by atoms with Gasteiger partial charge in [0.05, 0.1) is 32.3 Å². The summed E-state index contributed by atoms with van der Waals surface area (Å²) in [6.45, 7) is 0.432. The molecule has 0 radical (unpaired) electrons. The summed E-state index contributed by atoms with van der Waals surface area (Å²) in [5.41, 5.74) is 6.48. The first-order valence-electron chi connectivity index (χ1n) is 12.3. The van der Waals surface area contributed by atoms with Crippen LogP contribution in [0.15, 0.2) is 35.4 Å². The number of nitrogen functional groups attached to an aromatic ring is 1. The number of fused-ring (bicyclic) bond motifs is 1. The topological polar surface area (TPSA) is 151 Å². The third-order valence-corrected chi connectivity index (χ3v) is 8.27. The number of carbonyl (C=O) groups is 1. The fourth-order valence-corrected chi connectivity index (χ4v) is 5.81. The summed E-state index contributed by atoms with van der Waals surface area (Å²) < 4.78 is 32.2. The molecule has 1 atom stereocenters. The molecule has 0 aliphatic heterocycles. The third-order valence-electron chi connectivity index (χ3n) is 6.26. The number of Topliss-reactive ketones (excluding diaryl/α,β-unsaturated/α-hetero) is 1. The van der Waals surface area contributed by atoms with Gasteiger partial charge in [-0.25, -0.2) is 4.98 Å². The zero-order valence-electron chi connectivity index (χ0n) is 20.4. The molecule has 0 bridgehead atoms. The van der Waals surface area contributed by atoms with E-state index in [1.807, 2.05) is 0 Å². The van der Waals surface area contributed by atoms with Crippen LogP contribution in [-0.2, 0) is 36.3 Å². The quantitative estimate of drug-likeness (QED) is 0.237. The van der Waals surface area contributed by atoms with Crippen molar-refractivity contribution >= 4 is 42.1 Å². The van der Waals surface area contributed by atoms with E-state index in [-0.39, 0.29) is 55.8 Å². The number of hydrogen-bond donors (Lipinski definition) is 2. The first-order chi connectivity index (χ1) is 17.8. The van der Waals surface area contributed by atoms with Crippen molar-refractivity contribution in [3.63, 3.8) is 0 Å². The van der Waals surface area contributed by atoms with Crippen molar-refractivity contribution < 1.29 is 23.1 Å². The van der Waals surface area contributed by atoms with Gasteiger partial charge in [0.25, 0.3) is 5.56 Å². The number of benzene rings is 1. The number of rotatable bonds is 13. The molecule has 2 aromatic heterocycles. The zero-order chi connectivity index (χ0) is 26.3. The van der Waals surface area contributed by atoms with E-state index in [0.29, 0.717) is 17.2 Å². The second kappa shape index (κ2) is 12.8. The molecule has 1 aliphatic carbocycles. The van der Waals surface area contributed by atoms with Crippen molar-refractivity contribution in [2.45, 2.75) is 45.3 Å². The van der Waals surface area contributed by atoms with Crippen LogP contribution in [0, 0.1) is 5.92 Å². The molecule has 3 aromatic rings. The Kier molecular flexibility index (Phi) is 9.50. The number of H-pyrrole nitrogens is 1. The molecule has 13 heteroatoms. The number of anilines is 1. The van der Waals surface area contributed by atoms with Crippen molar-refractivity contribution in [2.24, 2.45) is 5.92 Å². The number of carbonyl (C=O) groups excluding carboxylic acids is 1. The van der Waals surface area contributed by atoms with Crippen molar-refractivity contribution in [1.29, 1.82) is 0 Å². The Morgan fingerprint density at radius 1 is 1.22 bits per heavy atom. The van der Waals surface area contributed by atoms with E-state index < -0.39 is 13.2 Å². The van der Waals surface area contributed by atoms with Gasteiger partial charge in [-0.2, -0.15) is 4.98 Å². The highest BCUT2D eigenvalue weighted by Gasteiger charge is 2.29. The first-order valence-corrected chi connectivity index (χ1v) is 14.4. The van der Waals surface area contributed by atoms with E-state index in [4.69, 9.17) is 31.1 Å². The summed E-state index contributed by atoms with van der Waals surface area (Å²) in [6.07, 6.45) is 6.32. The van der Waals surface area contributed by atoms with Crippen LogP contribution >= 0.6 is 19.2 Å². The van der Waals surface area contributed by atoms with E-state index in [0.717, 1.165) is 37.7 Å². The lowest BCUT2D eigenvalue weighted by molar-refractivity contribution is -0.126. The highest BCUT2D eigenvalue weighted by molar-refractivity contribution is 7.53. The lowest BCUT2D eigenvalue weighted by atomic mass is 9.86. The molecule has 4 rings (SSSR count). The van der Waals surface area contributed by atoms with E-state index in [1.54, 1.807) is 28.8 Å². The SMILES string of the molecule is Nc1nc2c(ncn2CCOCCP(=O)(OCC(=O)C2CCCCC2)OCc2cccc(Cl)c2)c(=O)[nH]1. The lowest BCUT2D eigenvalue weighted by Crippen LogP contribution is -2.22. The summed E-state index contributed by atoms with van der Waals surface area (Å²) in [6, 6.07) is 7.04. The van der Waals surface area contributed by atoms with Crippen molar-refractivity contribution in [3.05, 3.63) is 51.5 Å². The van der Waals surface area contributed by atoms with E-state index in [9.17, 15) is 14.2 Å². The average Bonchev–Trinajstić information content (AvgIpc) is 3.29. The molecule has 1 aromatic carbocycles. The molecule has 11 nitrogen and oxygen atoms in total. The van der Waals surface area contributed by atoms with Crippen LogP contribution in [0.3, 0.4) is 0 Å². The molecule has 0 spiro atoms. The molecule has 1 saturated carbocycles. The van der Waals surface area contributed by atoms with Crippen molar-refractivity contribution in [3.8, 4) is 0 Å². The van der Waals surface area contributed by atoms with Gasteiger partial charge in [0, 0.05) is 17.5 Å². The maximum Gasteiger partial charge on any atom is 0.333 e. The summed E-state index contributed by atoms with van der Waals surface area (Å²) in [5.74, 6) is -0.0925. The molecule has 0 saturated heterocycles. The fraction of sp³-hybridized carbons (Fsp3) is 0.500. The van der Waals surface area contributed by atoms with Gasteiger partial charge in [0.2, 0.25) is 5.95 Å². The summed E-state index contributed by atoms with van der Waals surface area (Å²) in [5, 5.41) is 0.540. The Morgan fingerprint density at radius 2 is 2.03 bits per heavy atom. The number of nitrogens with one attached hydrogen (secondary N) is 1. The standard InChI is InChI=1S/C24H31ClN5O6P/c25-19-8-4-5-17(13-19)14-35-37(33,36-15-20(31)18-6-2-1-3-7-18)12-11-34-10-9-30-16-27-21-22(30)28-24(26)29-23(21)32/h4-5,8,13,16,18H,1-3,6-7,9-12,14-15H2,(H3,26,28,29,32). The molecular weight excluding hydrogens is 521 g/mol. The van der Waals surface area contributed by atoms with Crippen LogP contribution < -0.4 is 11.3 Å². The second-order valence-electron chi connectivity index (χ2n) is 8.99. The maximum absolute atomic E-state index is 13.5. The highest BCUT2D eigenvalue weighted by Crippen LogP contribution is 2.49. The normalized spacial score (nSPS) is 16.1. The Morgan fingerprint density at radius 3 is 2.81 bits per heavy atom. The van der Waals surface area contributed by atoms with Gasteiger partial charge < -0.3 is 24.1 Å². The molecule has 200 valence electrons. The maximum atomic E-state index is 13.5. The number of imidazole rings is 1. The Balaban J connectivity index is 1.32. The van der Waals surface area contributed by atoms with Crippen LogP contribution in [0.4, 0.5) is 5.95 Å². The summed E-state index contributed by atoms with van der Waals surface area (Å²) in [4.78, 5) is 35.1. The predicted molar refractivity (Wildman–Crippen MR) is 140 cm³/mol. The van der Waals surface area contributed by atoms with E-state index >= 15 is 0 Å². The number of aromatic nitrogens is 4. The number of ketones is 1. The molecule has 3 N–H and O–H groups in total. The molecule has 2 heterocycles. The van der Waals surface area contributed by atoms with Crippen LogP contribution in [0.1, 0.15) is 37.7 Å². The summed E-state index contributed by atoms with van der Waals surface area (Å²) in [7, 11) is -3.64. The second-order valence-corrected chi connectivity index (χ2v) is 11.6. The highest BCUT2D eigenvalue weighted by atomic mass is 35.5. The number of hydrogen-bond acceptors (Lipinski definition) is 9. The number of halogens is 1. The monoisotopic (exact) mass is 551 g/mol. The minimum atomic E-state index is -3.64. The predicted octanol–water partition coefficient (Wildman–Crippen LogP) is 3.95. The van der Waals surface area contributed by atoms with Crippen LogP contribution in [0.5, 0.6) is 0 Å². The van der Waals surface area contributed by atoms with Crippen LogP contribution in [0.25, 0.3) is 11.2 Å². The smallest absolute Gasteiger partial charge is 0.333 e. The molecule has 1 unspecified atom stereocenters. The summed E-state index contributed by atoms with van der Waals surface area (Å²) >= 11 is 6.04. The Hall–Kier alpha value is -2.56. The van der Waals surface area contributed by atoms with E-state index in [1.165, 1.54) is 6.33 Å². The lowest BCUT2D eigenvalue weighted by Gasteiger charge is -2.22. The largest absolute Gasteiger partial charge is 0.379 e. The van der Waals surface area contributed by atoms with Gasteiger partial charge in [-0.05, 0) is 30.5 Å². The van der Waals surface area contributed by atoms with Gasteiger partial charge in [-0.15, -0.1) is 0 Å². The van der Waals surface area contributed by atoms with Gasteiger partial charge in [-0.1, -0.05) is 43.0 Å². The molecule has 37 heavy (non-hydrogen) atoms. The fourth-order valence-electron chi connectivity index (χ4n) is 4.25. The van der Waals surface area contributed by atoms with Gasteiger partial charge in [0.1, 0.15) is 6.61 Å². The number of nitrogens with zero attached hydrogens (tertiary/aromatic N) is 3. The average molecular weight is 552 g/mol. The van der Waals surface area contributed by atoms with E-state index in [2.05, 4.69) is 15.0 Å². The minimum absolute atomic E-state index is 0.00196. The Labute approximate surface area is 219 Å². The minimum Gasteiger partial charge on any atom is -0.379 e. The first kappa shape index (κ1) is 27.5. The van der Waals surface area contributed by atoms with Gasteiger partial charge in [-0.3, -0.25) is 19.1 Å². The zero-order valence-corrected chi connectivity index (χ0v) is 22.1. The van der Waals surface area contributed by atoms with Crippen LogP contribution in [0.2, 0.25) is 5.02 Å². The molecule has 1 aliphatic rings. The van der Waals surface area contributed by atoms with Gasteiger partial charge in [0.15, 0.2) is 16.9 Å². The van der Waals surface area contributed by atoms with Gasteiger partial charge >= 0.3 is 7.60 Å². The molecule has 0 amide bonds. The third kappa shape index (κ3) is 7.72.